The second kappa shape index (κ2) is 5.27. The second-order valence-corrected chi connectivity index (χ2v) is 4.93. The third-order valence-corrected chi connectivity index (χ3v) is 3.33. The third kappa shape index (κ3) is 3.27. The largest absolute Gasteiger partial charge is 0.301 e. The van der Waals surface area contributed by atoms with E-state index in [9.17, 15) is 10.1 Å². The summed E-state index contributed by atoms with van der Waals surface area (Å²) in [7, 11) is 0. The molecule has 0 bridgehead atoms. The summed E-state index contributed by atoms with van der Waals surface area (Å²) in [6.07, 6.45) is 0. The van der Waals surface area contributed by atoms with Crippen LogP contribution in [0.5, 0.6) is 0 Å². The molecule has 2 unspecified atom stereocenters. The molecule has 1 aromatic carbocycles. The van der Waals surface area contributed by atoms with Crippen molar-refractivity contribution in [1.29, 1.82) is 0 Å². The van der Waals surface area contributed by atoms with Crippen LogP contribution in [0.1, 0.15) is 39.3 Å². The van der Waals surface area contributed by atoms with Gasteiger partial charge in [0.25, 0.3) is 0 Å². The maximum Gasteiger partial charge on any atom is 0.231 e. The van der Waals surface area contributed by atoms with Crippen molar-refractivity contribution >= 4 is 0 Å². The molecule has 0 aliphatic rings. The van der Waals surface area contributed by atoms with E-state index in [1.54, 1.807) is 13.8 Å². The average molecular weight is 236 g/mol. The summed E-state index contributed by atoms with van der Waals surface area (Å²) < 4.78 is 0. The van der Waals surface area contributed by atoms with Crippen LogP contribution in [0, 0.1) is 10.1 Å². The maximum atomic E-state index is 10.9. The summed E-state index contributed by atoms with van der Waals surface area (Å²) in [5.74, 6) is 0. The van der Waals surface area contributed by atoms with Gasteiger partial charge in [0.2, 0.25) is 5.54 Å². The summed E-state index contributed by atoms with van der Waals surface area (Å²) in [6, 6.07) is 9.83. The van der Waals surface area contributed by atoms with Crippen LogP contribution in [-0.4, -0.2) is 16.5 Å². The average Bonchev–Trinajstić information content (AvgIpc) is 2.29. The van der Waals surface area contributed by atoms with Crippen molar-refractivity contribution in [3.63, 3.8) is 0 Å². The number of benzene rings is 1. The van der Waals surface area contributed by atoms with Gasteiger partial charge in [0.15, 0.2) is 0 Å². The molecule has 0 fully saturated rings. The molecule has 0 aliphatic carbocycles. The van der Waals surface area contributed by atoms with Crippen LogP contribution >= 0.6 is 0 Å². The van der Waals surface area contributed by atoms with Crippen molar-refractivity contribution in [2.75, 3.05) is 0 Å². The van der Waals surface area contributed by atoms with Crippen LogP contribution in [0.3, 0.4) is 0 Å². The zero-order valence-electron chi connectivity index (χ0n) is 10.8. The van der Waals surface area contributed by atoms with Gasteiger partial charge in [0.05, 0.1) is 6.04 Å². The summed E-state index contributed by atoms with van der Waals surface area (Å²) in [5, 5.41) is 14.2. The lowest BCUT2D eigenvalue weighted by atomic mass is 9.95. The molecular formula is C13H20N2O2. The van der Waals surface area contributed by atoms with E-state index in [1.165, 1.54) is 0 Å². The summed E-state index contributed by atoms with van der Waals surface area (Å²) in [5.41, 5.74) is 0.168. The van der Waals surface area contributed by atoms with E-state index >= 15 is 0 Å². The van der Waals surface area contributed by atoms with Crippen LogP contribution in [0.2, 0.25) is 0 Å². The van der Waals surface area contributed by atoms with E-state index in [2.05, 4.69) is 5.32 Å². The van der Waals surface area contributed by atoms with E-state index in [0.29, 0.717) is 0 Å². The lowest BCUT2D eigenvalue weighted by Crippen LogP contribution is -2.50. The molecular weight excluding hydrogens is 216 g/mol. The molecule has 0 spiro atoms. The van der Waals surface area contributed by atoms with Gasteiger partial charge in [-0.15, -0.1) is 0 Å². The number of hydrogen-bond donors (Lipinski definition) is 1. The van der Waals surface area contributed by atoms with Crippen molar-refractivity contribution in [1.82, 2.24) is 5.32 Å². The Balaban J connectivity index is 2.70. The van der Waals surface area contributed by atoms with E-state index in [-0.39, 0.29) is 17.0 Å². The molecule has 2 atom stereocenters. The quantitative estimate of drug-likeness (QED) is 0.631. The van der Waals surface area contributed by atoms with Gasteiger partial charge in [-0.2, -0.15) is 0 Å². The number of nitrogens with zero attached hydrogens (tertiary/aromatic N) is 1. The fourth-order valence-electron chi connectivity index (χ4n) is 1.57. The van der Waals surface area contributed by atoms with Crippen molar-refractivity contribution < 1.29 is 4.92 Å². The molecule has 0 heterocycles. The molecule has 0 saturated carbocycles. The first kappa shape index (κ1) is 13.6. The molecule has 17 heavy (non-hydrogen) atoms. The minimum atomic E-state index is -0.969. The highest BCUT2D eigenvalue weighted by atomic mass is 16.6. The molecule has 0 saturated heterocycles. The molecule has 0 aromatic heterocycles. The van der Waals surface area contributed by atoms with Crippen LogP contribution in [0.25, 0.3) is 0 Å². The second-order valence-electron chi connectivity index (χ2n) is 4.93. The molecule has 0 aliphatic heterocycles. The smallest absolute Gasteiger partial charge is 0.231 e. The van der Waals surface area contributed by atoms with E-state index in [0.717, 1.165) is 5.56 Å². The summed E-state index contributed by atoms with van der Waals surface area (Å²) in [6.45, 7) is 7.15. The SMILES string of the molecule is CC(NC(C)C(C)(C)[N+](=O)[O-])c1ccccc1. The fraction of sp³-hybridized carbons (Fsp3) is 0.538. The normalized spacial score (nSPS) is 15.3. The van der Waals surface area contributed by atoms with Gasteiger partial charge in [0, 0.05) is 24.8 Å². The first-order valence-electron chi connectivity index (χ1n) is 5.81. The number of nitro groups is 1. The Morgan fingerprint density at radius 3 is 2.24 bits per heavy atom. The Bertz CT molecular complexity index is 376. The first-order valence-corrected chi connectivity index (χ1v) is 5.81. The molecule has 0 radical (unpaired) electrons. The van der Waals surface area contributed by atoms with Crippen molar-refractivity contribution in [3.05, 3.63) is 46.0 Å². The predicted molar refractivity (Wildman–Crippen MR) is 68.5 cm³/mol. The Morgan fingerprint density at radius 2 is 1.76 bits per heavy atom. The van der Waals surface area contributed by atoms with Crippen molar-refractivity contribution in [2.45, 2.75) is 45.3 Å². The van der Waals surface area contributed by atoms with Gasteiger partial charge in [-0.1, -0.05) is 30.3 Å². The predicted octanol–water partition coefficient (Wildman–Crippen LogP) is 2.78. The maximum absolute atomic E-state index is 10.9. The lowest BCUT2D eigenvalue weighted by molar-refractivity contribution is -0.564. The van der Waals surface area contributed by atoms with Crippen LogP contribution in [0.4, 0.5) is 0 Å². The van der Waals surface area contributed by atoms with Gasteiger partial charge < -0.3 is 5.32 Å². The van der Waals surface area contributed by atoms with Crippen LogP contribution in [0.15, 0.2) is 30.3 Å². The molecule has 1 rings (SSSR count). The Hall–Kier alpha value is -1.42. The Labute approximate surface area is 102 Å². The molecule has 1 N–H and O–H groups in total. The fourth-order valence-corrected chi connectivity index (χ4v) is 1.57. The lowest BCUT2D eigenvalue weighted by Gasteiger charge is -2.27. The third-order valence-electron chi connectivity index (χ3n) is 3.33. The molecule has 1 aromatic rings. The molecule has 4 nitrogen and oxygen atoms in total. The van der Waals surface area contributed by atoms with E-state index < -0.39 is 5.54 Å². The number of nitrogens with one attached hydrogen (secondary N) is 1. The molecule has 4 heteroatoms. The molecule has 94 valence electrons. The van der Waals surface area contributed by atoms with Gasteiger partial charge in [-0.05, 0) is 19.4 Å². The highest BCUT2D eigenvalue weighted by Crippen LogP contribution is 2.18. The Kier molecular flexibility index (Phi) is 4.23. The van der Waals surface area contributed by atoms with Gasteiger partial charge in [-0.25, -0.2) is 0 Å². The zero-order valence-corrected chi connectivity index (χ0v) is 10.8. The number of rotatable bonds is 5. The monoisotopic (exact) mass is 236 g/mol. The zero-order chi connectivity index (χ0) is 13.1. The summed E-state index contributed by atoms with van der Waals surface area (Å²) >= 11 is 0. The topological polar surface area (TPSA) is 55.2 Å². The van der Waals surface area contributed by atoms with Gasteiger partial charge in [-0.3, -0.25) is 10.1 Å². The standard InChI is InChI=1S/C13H20N2O2/c1-10(12-8-6-5-7-9-12)14-11(2)13(3,4)15(16)17/h5-11,14H,1-4H3. The summed E-state index contributed by atoms with van der Waals surface area (Å²) in [4.78, 5) is 10.7. The van der Waals surface area contributed by atoms with E-state index in [1.807, 2.05) is 44.2 Å². The van der Waals surface area contributed by atoms with Crippen LogP contribution < -0.4 is 5.32 Å². The molecule has 0 amide bonds. The highest BCUT2D eigenvalue weighted by Gasteiger charge is 2.38. The van der Waals surface area contributed by atoms with E-state index in [4.69, 9.17) is 0 Å². The van der Waals surface area contributed by atoms with Crippen molar-refractivity contribution in [2.24, 2.45) is 0 Å². The van der Waals surface area contributed by atoms with Crippen molar-refractivity contribution in [3.8, 4) is 0 Å². The van der Waals surface area contributed by atoms with Gasteiger partial charge >= 0.3 is 0 Å². The minimum Gasteiger partial charge on any atom is -0.301 e. The Morgan fingerprint density at radius 1 is 1.24 bits per heavy atom. The highest BCUT2D eigenvalue weighted by molar-refractivity contribution is 5.18. The van der Waals surface area contributed by atoms with Gasteiger partial charge in [0.1, 0.15) is 0 Å². The first-order chi connectivity index (χ1) is 7.85. The number of hydrogen-bond acceptors (Lipinski definition) is 3. The minimum absolute atomic E-state index is 0.102. The van der Waals surface area contributed by atoms with Crippen LogP contribution in [-0.2, 0) is 0 Å².